The first-order chi connectivity index (χ1) is 10.6. The summed E-state index contributed by atoms with van der Waals surface area (Å²) < 4.78 is 0. The van der Waals surface area contributed by atoms with Crippen molar-refractivity contribution in [3.05, 3.63) is 53.1 Å². The lowest BCUT2D eigenvalue weighted by atomic mass is 10.1. The van der Waals surface area contributed by atoms with Crippen LogP contribution in [0.1, 0.15) is 10.4 Å². The summed E-state index contributed by atoms with van der Waals surface area (Å²) in [6, 6.07) is 13.5. The molecule has 1 aliphatic rings. The molecule has 1 aliphatic heterocycles. The molecule has 114 valence electrons. The molecule has 1 amide bonds. The monoisotopic (exact) mass is 332 g/mol. The Morgan fingerprint density at radius 2 is 1.91 bits per heavy atom. The van der Waals surface area contributed by atoms with Gasteiger partial charge in [0.25, 0.3) is 5.91 Å². The zero-order valence-electron chi connectivity index (χ0n) is 12.5. The van der Waals surface area contributed by atoms with Gasteiger partial charge in [0.2, 0.25) is 0 Å². The minimum Gasteiger partial charge on any atom is -0.308 e. The molecule has 0 saturated heterocycles. The van der Waals surface area contributed by atoms with Crippen LogP contribution >= 0.6 is 23.4 Å². The molecule has 2 aromatic carbocycles. The van der Waals surface area contributed by atoms with Gasteiger partial charge in [0, 0.05) is 27.9 Å². The predicted octanol–water partition coefficient (Wildman–Crippen LogP) is 4.01. The second-order valence-corrected chi connectivity index (χ2v) is 6.99. The van der Waals surface area contributed by atoms with Crippen molar-refractivity contribution in [2.45, 2.75) is 9.79 Å². The van der Waals surface area contributed by atoms with Crippen molar-refractivity contribution in [2.24, 2.45) is 0 Å². The van der Waals surface area contributed by atoms with Crippen molar-refractivity contribution in [3.8, 4) is 0 Å². The van der Waals surface area contributed by atoms with Gasteiger partial charge in [0.05, 0.1) is 11.3 Å². The number of amides is 1. The normalized spacial score (nSPS) is 13.8. The van der Waals surface area contributed by atoms with E-state index in [1.807, 2.05) is 61.5 Å². The van der Waals surface area contributed by atoms with Gasteiger partial charge in [-0.15, -0.1) is 0 Å². The lowest BCUT2D eigenvalue weighted by molar-refractivity contribution is 0.0982. The number of likely N-dealkylation sites (N-methyl/N-ethyl adjacent to an activating group) is 1. The first kappa shape index (κ1) is 15.4. The Morgan fingerprint density at radius 1 is 1.14 bits per heavy atom. The highest BCUT2D eigenvalue weighted by molar-refractivity contribution is 7.99. The fraction of sp³-hybridized carbons (Fsp3) is 0.235. The summed E-state index contributed by atoms with van der Waals surface area (Å²) in [5, 5.41) is 0.646. The summed E-state index contributed by atoms with van der Waals surface area (Å²) in [6.45, 7) is 1.43. The number of hydrogen-bond acceptors (Lipinski definition) is 3. The number of anilines is 1. The van der Waals surface area contributed by atoms with Crippen LogP contribution in [0.5, 0.6) is 0 Å². The van der Waals surface area contributed by atoms with Crippen LogP contribution in [0.3, 0.4) is 0 Å². The van der Waals surface area contributed by atoms with Gasteiger partial charge < -0.3 is 9.80 Å². The number of halogens is 1. The SMILES string of the molecule is CN(C)CCN1C(=O)c2ccccc2Sc2ccc(Cl)cc21. The van der Waals surface area contributed by atoms with Gasteiger partial charge in [-0.3, -0.25) is 4.79 Å². The van der Waals surface area contributed by atoms with Crippen molar-refractivity contribution in [3.63, 3.8) is 0 Å². The molecule has 5 heteroatoms. The molecule has 0 N–H and O–H groups in total. The molecular formula is C17H17ClN2OS. The van der Waals surface area contributed by atoms with Crippen molar-refractivity contribution in [2.75, 3.05) is 32.1 Å². The number of carbonyl (C=O) groups excluding carboxylic acids is 1. The Morgan fingerprint density at radius 3 is 2.68 bits per heavy atom. The summed E-state index contributed by atoms with van der Waals surface area (Å²) in [5.74, 6) is 0.0333. The van der Waals surface area contributed by atoms with E-state index in [-0.39, 0.29) is 5.91 Å². The van der Waals surface area contributed by atoms with E-state index in [0.717, 1.165) is 27.6 Å². The highest BCUT2D eigenvalue weighted by Gasteiger charge is 2.27. The maximum Gasteiger partial charge on any atom is 0.259 e. The Balaban J connectivity index is 2.10. The van der Waals surface area contributed by atoms with Crippen molar-refractivity contribution < 1.29 is 4.79 Å². The number of benzene rings is 2. The molecule has 1 heterocycles. The quantitative estimate of drug-likeness (QED) is 0.848. The van der Waals surface area contributed by atoms with Crippen LogP contribution in [-0.2, 0) is 0 Å². The van der Waals surface area contributed by atoms with E-state index in [0.29, 0.717) is 11.6 Å². The summed E-state index contributed by atoms with van der Waals surface area (Å²) in [4.78, 5) is 18.9. The smallest absolute Gasteiger partial charge is 0.259 e. The summed E-state index contributed by atoms with van der Waals surface area (Å²) in [7, 11) is 4.01. The molecule has 0 aliphatic carbocycles. The van der Waals surface area contributed by atoms with E-state index in [1.165, 1.54) is 0 Å². The molecule has 0 spiro atoms. The Bertz CT molecular complexity index is 718. The fourth-order valence-corrected chi connectivity index (χ4v) is 3.64. The maximum absolute atomic E-state index is 13.0. The standard InChI is InChI=1S/C17H17ClN2OS/c1-19(2)9-10-20-14-11-12(18)7-8-16(14)22-15-6-4-3-5-13(15)17(20)21/h3-8,11H,9-10H2,1-2H3. The largest absolute Gasteiger partial charge is 0.308 e. The van der Waals surface area contributed by atoms with Gasteiger partial charge in [-0.1, -0.05) is 35.5 Å². The van der Waals surface area contributed by atoms with Gasteiger partial charge in [0.1, 0.15) is 0 Å². The minimum absolute atomic E-state index is 0.0333. The van der Waals surface area contributed by atoms with Crippen LogP contribution in [0, 0.1) is 0 Å². The average Bonchev–Trinajstić information content (AvgIpc) is 2.60. The second-order valence-electron chi connectivity index (χ2n) is 5.47. The maximum atomic E-state index is 13.0. The van der Waals surface area contributed by atoms with E-state index < -0.39 is 0 Å². The third kappa shape index (κ3) is 3.00. The van der Waals surface area contributed by atoms with Crippen LogP contribution in [0.15, 0.2) is 52.3 Å². The second kappa shape index (κ2) is 6.32. The van der Waals surface area contributed by atoms with Gasteiger partial charge in [-0.2, -0.15) is 0 Å². The molecule has 0 fully saturated rings. The molecule has 0 aromatic heterocycles. The third-order valence-electron chi connectivity index (χ3n) is 3.57. The molecule has 0 radical (unpaired) electrons. The Hall–Kier alpha value is -1.49. The van der Waals surface area contributed by atoms with Crippen LogP contribution in [0.4, 0.5) is 5.69 Å². The number of carbonyl (C=O) groups is 1. The predicted molar refractivity (Wildman–Crippen MR) is 92.2 cm³/mol. The van der Waals surface area contributed by atoms with Crippen molar-refractivity contribution >= 4 is 35.0 Å². The van der Waals surface area contributed by atoms with E-state index in [1.54, 1.807) is 11.8 Å². The topological polar surface area (TPSA) is 23.6 Å². The number of nitrogens with zero attached hydrogens (tertiary/aromatic N) is 2. The molecule has 0 saturated carbocycles. The fourth-order valence-electron chi connectivity index (χ4n) is 2.42. The van der Waals surface area contributed by atoms with E-state index in [2.05, 4.69) is 4.90 Å². The van der Waals surface area contributed by atoms with Gasteiger partial charge in [-0.05, 0) is 44.4 Å². The summed E-state index contributed by atoms with van der Waals surface area (Å²) in [6.07, 6.45) is 0. The molecule has 0 atom stereocenters. The lowest BCUT2D eigenvalue weighted by Gasteiger charge is -2.24. The van der Waals surface area contributed by atoms with Crippen molar-refractivity contribution in [1.82, 2.24) is 4.90 Å². The average molecular weight is 333 g/mol. The lowest BCUT2D eigenvalue weighted by Crippen LogP contribution is -2.36. The minimum atomic E-state index is 0.0333. The molecular weight excluding hydrogens is 316 g/mol. The zero-order valence-corrected chi connectivity index (χ0v) is 14.1. The number of hydrogen-bond donors (Lipinski definition) is 0. The molecule has 3 rings (SSSR count). The highest BCUT2D eigenvalue weighted by Crippen LogP contribution is 2.42. The van der Waals surface area contributed by atoms with Gasteiger partial charge in [-0.25, -0.2) is 0 Å². The van der Waals surface area contributed by atoms with Gasteiger partial charge in [0.15, 0.2) is 0 Å². The van der Waals surface area contributed by atoms with Crippen LogP contribution in [-0.4, -0.2) is 38.0 Å². The van der Waals surface area contributed by atoms with Gasteiger partial charge >= 0.3 is 0 Å². The summed E-state index contributed by atoms with van der Waals surface area (Å²) >= 11 is 7.78. The molecule has 2 aromatic rings. The molecule has 3 nitrogen and oxygen atoms in total. The van der Waals surface area contributed by atoms with E-state index in [4.69, 9.17) is 11.6 Å². The van der Waals surface area contributed by atoms with E-state index >= 15 is 0 Å². The number of fused-ring (bicyclic) bond motifs is 2. The molecule has 22 heavy (non-hydrogen) atoms. The van der Waals surface area contributed by atoms with Crippen LogP contribution in [0.2, 0.25) is 5.02 Å². The Kier molecular flexibility index (Phi) is 4.43. The summed E-state index contributed by atoms with van der Waals surface area (Å²) in [5.41, 5.74) is 1.64. The first-order valence-electron chi connectivity index (χ1n) is 7.09. The first-order valence-corrected chi connectivity index (χ1v) is 8.29. The number of rotatable bonds is 3. The van der Waals surface area contributed by atoms with Crippen LogP contribution in [0.25, 0.3) is 0 Å². The third-order valence-corrected chi connectivity index (χ3v) is 4.94. The zero-order chi connectivity index (χ0) is 15.7. The molecule has 0 unspecified atom stereocenters. The highest BCUT2D eigenvalue weighted by atomic mass is 35.5. The van der Waals surface area contributed by atoms with Crippen molar-refractivity contribution in [1.29, 1.82) is 0 Å². The Labute approximate surface area is 139 Å². The van der Waals surface area contributed by atoms with Crippen LogP contribution < -0.4 is 4.90 Å². The van der Waals surface area contributed by atoms with E-state index in [9.17, 15) is 4.79 Å². The molecule has 0 bridgehead atoms.